The predicted octanol–water partition coefficient (Wildman–Crippen LogP) is 0.129. The Morgan fingerprint density at radius 3 is 2.95 bits per heavy atom. The number of aromatic nitrogens is 2. The number of carbonyl (C=O) groups is 2. The third kappa shape index (κ3) is 2.91. The maximum Gasteiger partial charge on any atom is 0.248 e. The minimum absolute atomic E-state index is 0.0552. The summed E-state index contributed by atoms with van der Waals surface area (Å²) < 4.78 is 4.91. The van der Waals surface area contributed by atoms with E-state index >= 15 is 0 Å². The second-order valence-corrected chi connectivity index (χ2v) is 4.86. The Morgan fingerprint density at radius 2 is 2.32 bits per heavy atom. The zero-order valence-corrected chi connectivity index (χ0v) is 11.2. The summed E-state index contributed by atoms with van der Waals surface area (Å²) in [4.78, 5) is 29.7. The van der Waals surface area contributed by atoms with Crippen molar-refractivity contribution in [3.63, 3.8) is 0 Å². The van der Waals surface area contributed by atoms with Crippen LogP contribution >= 0.6 is 0 Å². The summed E-state index contributed by atoms with van der Waals surface area (Å²) in [6.45, 7) is 4.55. The Kier molecular flexibility index (Phi) is 3.82. The molecule has 1 aromatic rings. The topological polar surface area (TPSA) is 88.3 Å². The first-order valence-corrected chi connectivity index (χ1v) is 6.41. The van der Waals surface area contributed by atoms with Crippen molar-refractivity contribution in [2.75, 3.05) is 13.1 Å². The number of amides is 2. The van der Waals surface area contributed by atoms with Crippen LogP contribution in [0, 0.1) is 0 Å². The highest BCUT2D eigenvalue weighted by atomic mass is 16.5. The largest absolute Gasteiger partial charge is 0.342 e. The van der Waals surface area contributed by atoms with Gasteiger partial charge in [-0.25, -0.2) is 0 Å². The van der Waals surface area contributed by atoms with Crippen LogP contribution in [0.1, 0.15) is 32.6 Å². The number of rotatable bonds is 4. The van der Waals surface area contributed by atoms with Gasteiger partial charge in [-0.3, -0.25) is 9.59 Å². The van der Waals surface area contributed by atoms with Crippen LogP contribution in [0.4, 0.5) is 0 Å². The molecule has 2 amide bonds. The first kappa shape index (κ1) is 13.5. The molecule has 0 bridgehead atoms. The van der Waals surface area contributed by atoms with E-state index < -0.39 is 5.54 Å². The molecule has 1 saturated heterocycles. The van der Waals surface area contributed by atoms with Gasteiger partial charge in [-0.2, -0.15) is 4.98 Å². The fourth-order valence-corrected chi connectivity index (χ4v) is 2.10. The molecule has 104 valence electrons. The van der Waals surface area contributed by atoms with Crippen LogP contribution in [0.5, 0.6) is 0 Å². The van der Waals surface area contributed by atoms with E-state index in [1.807, 2.05) is 6.92 Å². The minimum Gasteiger partial charge on any atom is -0.342 e. The number of hydrogen-bond acceptors (Lipinski definition) is 5. The van der Waals surface area contributed by atoms with Crippen LogP contribution in [-0.4, -0.2) is 45.5 Å². The molecule has 0 spiro atoms. The fourth-order valence-electron chi connectivity index (χ4n) is 2.10. The standard InChI is InChI=1S/C12H18N4O3/c1-3-12(2)11(18)16(6-4-9(17)15-12)7-5-10-13-8-14-19-10/h8H,3-7H2,1-2H3,(H,15,17). The summed E-state index contributed by atoms with van der Waals surface area (Å²) in [7, 11) is 0. The Hall–Kier alpha value is -1.92. The van der Waals surface area contributed by atoms with Gasteiger partial charge in [0.2, 0.25) is 17.7 Å². The molecule has 7 nitrogen and oxygen atoms in total. The van der Waals surface area contributed by atoms with Crippen molar-refractivity contribution in [2.45, 2.75) is 38.6 Å². The van der Waals surface area contributed by atoms with Crippen LogP contribution in [-0.2, 0) is 16.0 Å². The van der Waals surface area contributed by atoms with Gasteiger partial charge in [0, 0.05) is 25.9 Å². The molecule has 1 fully saturated rings. The molecule has 1 aliphatic rings. The van der Waals surface area contributed by atoms with Crippen molar-refractivity contribution in [2.24, 2.45) is 0 Å². The Morgan fingerprint density at radius 1 is 1.53 bits per heavy atom. The van der Waals surface area contributed by atoms with Gasteiger partial charge in [-0.1, -0.05) is 12.1 Å². The Labute approximate surface area is 111 Å². The molecule has 2 heterocycles. The Bertz CT molecular complexity index is 460. The summed E-state index contributed by atoms with van der Waals surface area (Å²) >= 11 is 0. The molecule has 0 radical (unpaired) electrons. The van der Waals surface area contributed by atoms with Gasteiger partial charge in [0.1, 0.15) is 5.54 Å². The summed E-state index contributed by atoms with van der Waals surface area (Å²) in [6.07, 6.45) is 2.72. The molecular formula is C12H18N4O3. The van der Waals surface area contributed by atoms with Crippen LogP contribution in [0.2, 0.25) is 0 Å². The first-order valence-electron chi connectivity index (χ1n) is 6.41. The van der Waals surface area contributed by atoms with Gasteiger partial charge >= 0.3 is 0 Å². The third-order valence-electron chi connectivity index (χ3n) is 3.49. The molecule has 1 unspecified atom stereocenters. The normalized spacial score (nSPS) is 24.2. The summed E-state index contributed by atoms with van der Waals surface area (Å²) in [6, 6.07) is 0. The van der Waals surface area contributed by atoms with Gasteiger partial charge in [0.15, 0.2) is 6.33 Å². The van der Waals surface area contributed by atoms with Crippen molar-refractivity contribution < 1.29 is 14.1 Å². The molecule has 2 rings (SSSR count). The molecule has 1 N–H and O–H groups in total. The van der Waals surface area contributed by atoms with Crippen LogP contribution in [0.3, 0.4) is 0 Å². The molecule has 0 saturated carbocycles. The molecule has 0 aliphatic carbocycles. The smallest absolute Gasteiger partial charge is 0.248 e. The monoisotopic (exact) mass is 266 g/mol. The lowest BCUT2D eigenvalue weighted by Gasteiger charge is -2.30. The highest BCUT2D eigenvalue weighted by molar-refractivity contribution is 5.93. The predicted molar refractivity (Wildman–Crippen MR) is 66.0 cm³/mol. The lowest BCUT2D eigenvalue weighted by atomic mass is 9.97. The summed E-state index contributed by atoms with van der Waals surface area (Å²) in [5.41, 5.74) is -0.817. The van der Waals surface area contributed by atoms with E-state index in [2.05, 4.69) is 15.5 Å². The zero-order chi connectivity index (χ0) is 13.9. The van der Waals surface area contributed by atoms with E-state index in [9.17, 15) is 9.59 Å². The average Bonchev–Trinajstić information content (AvgIpc) is 2.87. The van der Waals surface area contributed by atoms with E-state index in [-0.39, 0.29) is 11.8 Å². The van der Waals surface area contributed by atoms with Crippen molar-refractivity contribution in [1.82, 2.24) is 20.4 Å². The third-order valence-corrected chi connectivity index (χ3v) is 3.49. The van der Waals surface area contributed by atoms with E-state index in [1.54, 1.807) is 11.8 Å². The quantitative estimate of drug-likeness (QED) is 0.836. The van der Waals surface area contributed by atoms with E-state index in [4.69, 9.17) is 4.52 Å². The lowest BCUT2D eigenvalue weighted by molar-refractivity contribution is -0.138. The average molecular weight is 266 g/mol. The molecule has 7 heteroatoms. The minimum atomic E-state index is -0.817. The SMILES string of the molecule is CCC1(C)NC(=O)CCN(CCc2ncno2)C1=O. The second-order valence-electron chi connectivity index (χ2n) is 4.86. The van der Waals surface area contributed by atoms with E-state index in [0.29, 0.717) is 38.2 Å². The second kappa shape index (κ2) is 5.38. The van der Waals surface area contributed by atoms with E-state index in [1.165, 1.54) is 6.33 Å². The zero-order valence-electron chi connectivity index (χ0n) is 11.2. The first-order chi connectivity index (χ1) is 9.05. The van der Waals surface area contributed by atoms with Gasteiger partial charge in [0.05, 0.1) is 0 Å². The summed E-state index contributed by atoms with van der Waals surface area (Å²) in [5, 5.41) is 6.32. The van der Waals surface area contributed by atoms with E-state index in [0.717, 1.165) is 0 Å². The van der Waals surface area contributed by atoms with Gasteiger partial charge in [-0.05, 0) is 13.3 Å². The van der Waals surface area contributed by atoms with Gasteiger partial charge in [-0.15, -0.1) is 0 Å². The van der Waals surface area contributed by atoms with Crippen molar-refractivity contribution in [1.29, 1.82) is 0 Å². The fraction of sp³-hybridized carbons (Fsp3) is 0.667. The molecule has 1 aromatic heterocycles. The molecule has 19 heavy (non-hydrogen) atoms. The molecular weight excluding hydrogens is 248 g/mol. The highest BCUT2D eigenvalue weighted by Crippen LogP contribution is 2.17. The number of nitrogens with one attached hydrogen (secondary N) is 1. The van der Waals surface area contributed by atoms with Crippen LogP contribution in [0.15, 0.2) is 10.9 Å². The lowest BCUT2D eigenvalue weighted by Crippen LogP contribution is -2.54. The van der Waals surface area contributed by atoms with Crippen LogP contribution in [0.25, 0.3) is 0 Å². The van der Waals surface area contributed by atoms with Crippen molar-refractivity contribution in [3.05, 3.63) is 12.2 Å². The molecule has 1 aliphatic heterocycles. The number of nitrogens with zero attached hydrogens (tertiary/aromatic N) is 3. The highest BCUT2D eigenvalue weighted by Gasteiger charge is 2.38. The number of carbonyl (C=O) groups excluding carboxylic acids is 2. The summed E-state index contributed by atoms with van der Waals surface area (Å²) in [5.74, 6) is 0.355. The van der Waals surface area contributed by atoms with Gasteiger partial charge < -0.3 is 14.7 Å². The Balaban J connectivity index is 2.06. The maximum atomic E-state index is 12.4. The van der Waals surface area contributed by atoms with Crippen LogP contribution < -0.4 is 5.32 Å². The number of hydrogen-bond donors (Lipinski definition) is 1. The van der Waals surface area contributed by atoms with Gasteiger partial charge in [0.25, 0.3) is 0 Å². The molecule has 1 atom stereocenters. The van der Waals surface area contributed by atoms with Crippen molar-refractivity contribution >= 4 is 11.8 Å². The molecule has 0 aromatic carbocycles. The van der Waals surface area contributed by atoms with Crippen molar-refractivity contribution in [3.8, 4) is 0 Å². The maximum absolute atomic E-state index is 12.4.